The quantitative estimate of drug-likeness (QED) is 0.604. The number of amides is 2. The molecule has 2 amide bonds. The van der Waals surface area contributed by atoms with E-state index in [4.69, 9.17) is 0 Å². The Balaban J connectivity index is 1.62. The van der Waals surface area contributed by atoms with E-state index in [0.29, 0.717) is 12.1 Å². The molecular weight excluding hydrogens is 354 g/mol. The third kappa shape index (κ3) is 3.43. The van der Waals surface area contributed by atoms with Gasteiger partial charge in [0, 0.05) is 42.8 Å². The van der Waals surface area contributed by atoms with Crippen LogP contribution in [-0.2, 0) is 16.1 Å². The number of carbonyl (C=O) groups is 3. The number of hydrogen-bond donors (Lipinski definition) is 0. The third-order valence-corrected chi connectivity index (χ3v) is 6.06. The van der Waals surface area contributed by atoms with Crippen molar-refractivity contribution in [2.75, 3.05) is 19.6 Å². The Kier molecular flexibility index (Phi) is 5.20. The minimum atomic E-state index is -0.475. The van der Waals surface area contributed by atoms with E-state index in [9.17, 15) is 14.4 Å². The molecule has 3 heterocycles. The highest BCUT2D eigenvalue weighted by molar-refractivity contribution is 6.45. The van der Waals surface area contributed by atoms with Gasteiger partial charge in [0.25, 0.3) is 11.7 Å². The molecule has 148 valence electrons. The highest BCUT2D eigenvalue weighted by atomic mass is 16.2. The summed E-state index contributed by atoms with van der Waals surface area (Å²) >= 11 is 0. The maximum Gasteiger partial charge on any atom is 0.295 e. The lowest BCUT2D eigenvalue weighted by Crippen LogP contribution is -2.45. The summed E-state index contributed by atoms with van der Waals surface area (Å²) in [5, 5.41) is 0.736. The van der Waals surface area contributed by atoms with E-state index in [1.54, 1.807) is 11.1 Å². The smallest absolute Gasteiger partial charge is 0.295 e. The number of aromatic nitrogens is 1. The predicted octanol–water partition coefficient (Wildman–Crippen LogP) is 2.85. The second-order valence-electron chi connectivity index (χ2n) is 7.95. The molecule has 28 heavy (non-hydrogen) atoms. The number of ketones is 1. The van der Waals surface area contributed by atoms with Crippen molar-refractivity contribution in [2.24, 2.45) is 0 Å². The van der Waals surface area contributed by atoms with E-state index < -0.39 is 11.7 Å². The maximum atomic E-state index is 13.1. The Morgan fingerprint density at radius 2 is 1.71 bits per heavy atom. The lowest BCUT2D eigenvalue weighted by molar-refractivity contribution is -0.130. The maximum absolute atomic E-state index is 13.1. The standard InChI is InChI=1S/C22H27N3O3/c1-16-8-4-5-13-25(16)22(28)21(27)18-14-24(19-10-3-2-9-17(18)19)15-20(26)23-11-6-7-12-23/h2-3,9-10,14,16H,4-8,11-13,15H2,1H3/t16-/m1/s1. The number of para-hydroxylation sites is 1. The molecule has 1 atom stereocenters. The molecule has 2 aliphatic rings. The zero-order chi connectivity index (χ0) is 19.7. The lowest BCUT2D eigenvalue weighted by atomic mass is 10.0. The van der Waals surface area contributed by atoms with Gasteiger partial charge >= 0.3 is 0 Å². The molecule has 1 aromatic carbocycles. The number of piperidine rings is 1. The van der Waals surface area contributed by atoms with E-state index in [-0.39, 0.29) is 18.5 Å². The first-order valence-electron chi connectivity index (χ1n) is 10.3. The van der Waals surface area contributed by atoms with Crippen LogP contribution in [0.15, 0.2) is 30.5 Å². The number of hydrogen-bond acceptors (Lipinski definition) is 3. The molecule has 0 N–H and O–H groups in total. The Morgan fingerprint density at radius 1 is 1.00 bits per heavy atom. The van der Waals surface area contributed by atoms with Crippen molar-refractivity contribution >= 4 is 28.5 Å². The lowest BCUT2D eigenvalue weighted by Gasteiger charge is -2.32. The van der Waals surface area contributed by atoms with Crippen molar-refractivity contribution in [3.05, 3.63) is 36.0 Å². The summed E-state index contributed by atoms with van der Waals surface area (Å²) in [5.74, 6) is -0.841. The average molecular weight is 381 g/mol. The zero-order valence-electron chi connectivity index (χ0n) is 16.4. The van der Waals surface area contributed by atoms with Gasteiger partial charge in [-0.2, -0.15) is 0 Å². The first-order valence-corrected chi connectivity index (χ1v) is 10.3. The van der Waals surface area contributed by atoms with E-state index in [1.165, 1.54) is 0 Å². The Bertz CT molecular complexity index is 911. The number of Topliss-reactive ketones (excluding diaryl/α,β-unsaturated/α-hetero) is 1. The third-order valence-electron chi connectivity index (χ3n) is 6.06. The second kappa shape index (κ2) is 7.78. The van der Waals surface area contributed by atoms with Gasteiger partial charge < -0.3 is 14.4 Å². The SMILES string of the molecule is C[C@@H]1CCCCN1C(=O)C(=O)c1cn(CC(=O)N2CCCC2)c2ccccc12. The molecule has 0 saturated carbocycles. The highest BCUT2D eigenvalue weighted by Crippen LogP contribution is 2.24. The first kappa shape index (κ1) is 18.7. The van der Waals surface area contributed by atoms with E-state index in [0.717, 1.165) is 56.1 Å². The fraction of sp³-hybridized carbons (Fsp3) is 0.500. The second-order valence-corrected chi connectivity index (χ2v) is 7.95. The molecule has 4 rings (SSSR count). The van der Waals surface area contributed by atoms with Gasteiger partial charge in [0.1, 0.15) is 6.54 Å². The predicted molar refractivity (Wildman–Crippen MR) is 107 cm³/mol. The topological polar surface area (TPSA) is 62.6 Å². The van der Waals surface area contributed by atoms with Crippen LogP contribution in [0.25, 0.3) is 10.9 Å². The minimum Gasteiger partial charge on any atom is -0.341 e. The molecular formula is C22H27N3O3. The normalized spacial score (nSPS) is 20.0. The number of benzene rings is 1. The van der Waals surface area contributed by atoms with E-state index >= 15 is 0 Å². The fourth-order valence-corrected chi connectivity index (χ4v) is 4.42. The van der Waals surface area contributed by atoms with Gasteiger partial charge in [-0.15, -0.1) is 0 Å². The summed E-state index contributed by atoms with van der Waals surface area (Å²) in [6, 6.07) is 7.60. The van der Waals surface area contributed by atoms with Crippen LogP contribution in [0.2, 0.25) is 0 Å². The molecule has 0 aliphatic carbocycles. The monoisotopic (exact) mass is 381 g/mol. The fourth-order valence-electron chi connectivity index (χ4n) is 4.42. The van der Waals surface area contributed by atoms with Crippen molar-refractivity contribution in [2.45, 2.75) is 51.6 Å². The number of carbonyl (C=O) groups excluding carboxylic acids is 3. The van der Waals surface area contributed by atoms with Gasteiger partial charge in [-0.1, -0.05) is 18.2 Å². The van der Waals surface area contributed by atoms with Crippen LogP contribution in [0.5, 0.6) is 0 Å². The molecule has 2 fully saturated rings. The number of fused-ring (bicyclic) bond motifs is 1. The van der Waals surface area contributed by atoms with Crippen LogP contribution in [-0.4, -0.2) is 57.6 Å². The van der Waals surface area contributed by atoms with E-state index in [1.807, 2.05) is 40.7 Å². The summed E-state index contributed by atoms with van der Waals surface area (Å²) in [4.78, 5) is 42.1. The van der Waals surface area contributed by atoms with Crippen molar-refractivity contribution < 1.29 is 14.4 Å². The van der Waals surface area contributed by atoms with Crippen molar-refractivity contribution in [3.8, 4) is 0 Å². The van der Waals surface area contributed by atoms with Crippen LogP contribution in [0.1, 0.15) is 49.4 Å². The van der Waals surface area contributed by atoms with Crippen molar-refractivity contribution in [1.82, 2.24) is 14.4 Å². The molecule has 6 nitrogen and oxygen atoms in total. The van der Waals surface area contributed by atoms with Gasteiger partial charge in [0.15, 0.2) is 0 Å². The van der Waals surface area contributed by atoms with Crippen molar-refractivity contribution in [1.29, 1.82) is 0 Å². The molecule has 0 radical (unpaired) electrons. The summed E-state index contributed by atoms with van der Waals surface area (Å²) < 4.78 is 1.82. The average Bonchev–Trinajstić information content (AvgIpc) is 3.36. The molecule has 0 bridgehead atoms. The summed E-state index contributed by atoms with van der Waals surface area (Å²) in [6.45, 7) is 4.44. The van der Waals surface area contributed by atoms with Gasteiger partial charge in [-0.25, -0.2) is 0 Å². The Labute approximate surface area is 165 Å². The van der Waals surface area contributed by atoms with Crippen molar-refractivity contribution in [3.63, 3.8) is 0 Å². The van der Waals surface area contributed by atoms with E-state index in [2.05, 4.69) is 0 Å². The molecule has 1 aromatic heterocycles. The van der Waals surface area contributed by atoms with Crippen LogP contribution < -0.4 is 0 Å². The summed E-state index contributed by atoms with van der Waals surface area (Å²) in [5.41, 5.74) is 1.21. The van der Waals surface area contributed by atoms with Crippen LogP contribution in [0.4, 0.5) is 0 Å². The highest BCUT2D eigenvalue weighted by Gasteiger charge is 2.31. The molecule has 2 saturated heterocycles. The van der Waals surface area contributed by atoms with Crippen LogP contribution in [0, 0.1) is 0 Å². The summed E-state index contributed by atoms with van der Waals surface area (Å²) in [6.07, 6.45) is 6.75. The summed E-state index contributed by atoms with van der Waals surface area (Å²) in [7, 11) is 0. The minimum absolute atomic E-state index is 0.0632. The first-order chi connectivity index (χ1) is 13.6. The molecule has 2 aliphatic heterocycles. The number of rotatable bonds is 4. The van der Waals surface area contributed by atoms with Crippen LogP contribution in [0.3, 0.4) is 0 Å². The largest absolute Gasteiger partial charge is 0.341 e. The zero-order valence-corrected chi connectivity index (χ0v) is 16.4. The van der Waals surface area contributed by atoms with Gasteiger partial charge in [-0.05, 0) is 45.1 Å². The Hall–Kier alpha value is -2.63. The van der Waals surface area contributed by atoms with Crippen LogP contribution >= 0.6 is 0 Å². The number of nitrogens with zero attached hydrogens (tertiary/aromatic N) is 3. The Morgan fingerprint density at radius 3 is 2.46 bits per heavy atom. The van der Waals surface area contributed by atoms with Gasteiger partial charge in [-0.3, -0.25) is 14.4 Å². The molecule has 2 aromatic rings. The molecule has 0 spiro atoms. The van der Waals surface area contributed by atoms with Gasteiger partial charge in [0.05, 0.1) is 5.56 Å². The molecule has 6 heteroatoms. The number of likely N-dealkylation sites (tertiary alicyclic amines) is 2. The van der Waals surface area contributed by atoms with Gasteiger partial charge in [0.2, 0.25) is 5.91 Å². The molecule has 0 unspecified atom stereocenters.